The van der Waals surface area contributed by atoms with Crippen molar-refractivity contribution in [2.45, 2.75) is 39.4 Å². The predicted molar refractivity (Wildman–Crippen MR) is 108 cm³/mol. The highest BCUT2D eigenvalue weighted by molar-refractivity contribution is 5.89. The Kier molecular flexibility index (Phi) is 4.95. The van der Waals surface area contributed by atoms with Gasteiger partial charge in [0.1, 0.15) is 5.82 Å². The van der Waals surface area contributed by atoms with Crippen LogP contribution in [-0.2, 0) is 6.18 Å². The number of pyridine rings is 1. The second-order valence-corrected chi connectivity index (χ2v) is 7.57. The number of alkyl halides is 3. The van der Waals surface area contributed by atoms with Crippen molar-refractivity contribution >= 4 is 23.3 Å². The number of allylic oxidation sites excluding steroid dienone is 1. The molecule has 0 aliphatic carbocycles. The molecule has 2 aromatic rings. The van der Waals surface area contributed by atoms with Crippen LogP contribution in [0.3, 0.4) is 0 Å². The number of aryl methyl sites for hydroxylation is 1. The van der Waals surface area contributed by atoms with Crippen LogP contribution < -0.4 is 10.3 Å². The van der Waals surface area contributed by atoms with Crippen molar-refractivity contribution in [1.29, 1.82) is 0 Å². The summed E-state index contributed by atoms with van der Waals surface area (Å²) in [5.41, 5.74) is 7.32. The Morgan fingerprint density at radius 2 is 1.89 bits per heavy atom. The summed E-state index contributed by atoms with van der Waals surface area (Å²) in [6, 6.07) is 6.43. The van der Waals surface area contributed by atoms with Gasteiger partial charge in [0.05, 0.1) is 17.3 Å². The van der Waals surface area contributed by atoms with Crippen LogP contribution >= 0.6 is 0 Å². The van der Waals surface area contributed by atoms with E-state index in [9.17, 15) is 13.2 Å². The molecule has 1 N–H and O–H groups in total. The number of benzene rings is 1. The van der Waals surface area contributed by atoms with E-state index in [1.165, 1.54) is 11.6 Å². The Balaban J connectivity index is 1.81. The lowest BCUT2D eigenvalue weighted by Crippen LogP contribution is -2.42. The van der Waals surface area contributed by atoms with Gasteiger partial charge in [0.2, 0.25) is 0 Å². The summed E-state index contributed by atoms with van der Waals surface area (Å²) in [4.78, 5) is 5.99. The van der Waals surface area contributed by atoms with Gasteiger partial charge in [-0.3, -0.25) is 5.43 Å². The standard InChI is InChI=1S/C21H23F3N4/c1-13-8-18-17(14(2)10-20(3,4)28(18)5)9-15(13)11-26-27-19-7-6-16(12-25-19)21(22,23)24/h6-12H,1-5H3,(H,25,27)/b26-11+. The van der Waals surface area contributed by atoms with E-state index in [0.29, 0.717) is 0 Å². The van der Waals surface area contributed by atoms with E-state index in [1.54, 1.807) is 6.21 Å². The lowest BCUT2D eigenvalue weighted by Gasteiger charge is -2.41. The average molecular weight is 388 g/mol. The molecule has 1 aromatic heterocycles. The molecule has 1 aromatic carbocycles. The molecule has 0 amide bonds. The van der Waals surface area contributed by atoms with E-state index in [-0.39, 0.29) is 11.4 Å². The minimum absolute atomic E-state index is 0.0606. The molecular formula is C21H23F3N4. The summed E-state index contributed by atoms with van der Waals surface area (Å²) >= 11 is 0. The quantitative estimate of drug-likeness (QED) is 0.559. The van der Waals surface area contributed by atoms with E-state index >= 15 is 0 Å². The summed E-state index contributed by atoms with van der Waals surface area (Å²) in [7, 11) is 2.08. The summed E-state index contributed by atoms with van der Waals surface area (Å²) in [6.07, 6.45) is 0.272. The molecule has 0 spiro atoms. The third kappa shape index (κ3) is 3.88. The zero-order valence-electron chi connectivity index (χ0n) is 16.5. The van der Waals surface area contributed by atoms with Gasteiger partial charge in [-0.2, -0.15) is 18.3 Å². The molecule has 0 unspecified atom stereocenters. The van der Waals surface area contributed by atoms with Crippen molar-refractivity contribution < 1.29 is 13.2 Å². The zero-order chi connectivity index (χ0) is 20.7. The van der Waals surface area contributed by atoms with Gasteiger partial charge in [0.25, 0.3) is 0 Å². The monoisotopic (exact) mass is 388 g/mol. The minimum atomic E-state index is -4.40. The molecule has 3 rings (SSSR count). The number of rotatable bonds is 3. The maximum absolute atomic E-state index is 12.6. The summed E-state index contributed by atoms with van der Waals surface area (Å²) in [6.45, 7) is 8.44. The first-order valence-electron chi connectivity index (χ1n) is 8.90. The highest BCUT2D eigenvalue weighted by Gasteiger charge is 2.31. The first-order chi connectivity index (χ1) is 13.0. The van der Waals surface area contributed by atoms with Crippen LogP contribution in [0.4, 0.5) is 24.7 Å². The number of hydrazone groups is 1. The molecule has 0 saturated carbocycles. The van der Waals surface area contributed by atoms with Crippen LogP contribution in [0.5, 0.6) is 0 Å². The summed E-state index contributed by atoms with van der Waals surface area (Å²) in [5, 5.41) is 4.13. The minimum Gasteiger partial charge on any atom is -0.365 e. The molecule has 0 atom stereocenters. The van der Waals surface area contributed by atoms with Gasteiger partial charge < -0.3 is 4.90 Å². The fraction of sp³-hybridized carbons (Fsp3) is 0.333. The molecule has 1 aliphatic rings. The van der Waals surface area contributed by atoms with Crippen molar-refractivity contribution in [2.75, 3.05) is 17.4 Å². The van der Waals surface area contributed by atoms with Crippen LogP contribution in [0.1, 0.15) is 43.0 Å². The normalized spacial score (nSPS) is 16.1. The van der Waals surface area contributed by atoms with Gasteiger partial charge in [-0.05, 0) is 68.7 Å². The average Bonchev–Trinajstić information content (AvgIpc) is 2.60. The number of anilines is 2. The molecule has 0 radical (unpaired) electrons. The smallest absolute Gasteiger partial charge is 0.365 e. The van der Waals surface area contributed by atoms with Crippen molar-refractivity contribution in [3.05, 3.63) is 58.8 Å². The third-order valence-electron chi connectivity index (χ3n) is 5.08. The van der Waals surface area contributed by atoms with Crippen LogP contribution in [0.15, 0.2) is 41.6 Å². The van der Waals surface area contributed by atoms with Crippen LogP contribution in [0, 0.1) is 6.92 Å². The van der Waals surface area contributed by atoms with Crippen LogP contribution in [0.25, 0.3) is 5.57 Å². The fourth-order valence-electron chi connectivity index (χ4n) is 3.25. The van der Waals surface area contributed by atoms with Gasteiger partial charge >= 0.3 is 6.18 Å². The lowest BCUT2D eigenvalue weighted by molar-refractivity contribution is -0.137. The van der Waals surface area contributed by atoms with Crippen molar-refractivity contribution in [3.63, 3.8) is 0 Å². The Labute approximate surface area is 162 Å². The van der Waals surface area contributed by atoms with Crippen molar-refractivity contribution in [3.8, 4) is 0 Å². The summed E-state index contributed by atoms with van der Waals surface area (Å²) in [5.74, 6) is 0.248. The fourth-order valence-corrected chi connectivity index (χ4v) is 3.25. The number of fused-ring (bicyclic) bond motifs is 1. The highest BCUT2D eigenvalue weighted by Crippen LogP contribution is 2.39. The van der Waals surface area contributed by atoms with E-state index < -0.39 is 11.7 Å². The molecule has 28 heavy (non-hydrogen) atoms. The molecule has 0 bridgehead atoms. The molecular weight excluding hydrogens is 365 g/mol. The maximum atomic E-state index is 12.6. The number of nitrogens with zero attached hydrogens (tertiary/aromatic N) is 3. The largest absolute Gasteiger partial charge is 0.417 e. The molecule has 4 nitrogen and oxygen atoms in total. The Morgan fingerprint density at radius 1 is 1.18 bits per heavy atom. The number of likely N-dealkylation sites (N-methyl/N-ethyl adjacent to an activating group) is 1. The Morgan fingerprint density at radius 3 is 2.50 bits per heavy atom. The van der Waals surface area contributed by atoms with E-state index in [0.717, 1.165) is 34.6 Å². The number of nitrogens with one attached hydrogen (secondary N) is 1. The number of hydrogen-bond donors (Lipinski definition) is 1. The molecule has 1 aliphatic heterocycles. The van der Waals surface area contributed by atoms with Crippen molar-refractivity contribution in [1.82, 2.24) is 4.98 Å². The van der Waals surface area contributed by atoms with Crippen molar-refractivity contribution in [2.24, 2.45) is 5.10 Å². The topological polar surface area (TPSA) is 40.5 Å². The van der Waals surface area contributed by atoms with E-state index in [4.69, 9.17) is 0 Å². The van der Waals surface area contributed by atoms with Gasteiger partial charge in [0.15, 0.2) is 0 Å². The van der Waals surface area contributed by atoms with Gasteiger partial charge in [-0.25, -0.2) is 4.98 Å². The number of aromatic nitrogens is 1. The van der Waals surface area contributed by atoms with Gasteiger partial charge in [-0.1, -0.05) is 6.08 Å². The zero-order valence-corrected chi connectivity index (χ0v) is 16.5. The van der Waals surface area contributed by atoms with Gasteiger partial charge in [-0.15, -0.1) is 0 Å². The van der Waals surface area contributed by atoms with E-state index in [2.05, 4.69) is 66.4 Å². The first kappa shape index (κ1) is 19.9. The third-order valence-corrected chi connectivity index (χ3v) is 5.08. The molecule has 0 fully saturated rings. The maximum Gasteiger partial charge on any atom is 0.417 e. The Bertz CT molecular complexity index is 941. The predicted octanol–water partition coefficient (Wildman–Crippen LogP) is 5.49. The lowest BCUT2D eigenvalue weighted by atomic mass is 9.87. The molecule has 148 valence electrons. The van der Waals surface area contributed by atoms with E-state index in [1.807, 2.05) is 6.92 Å². The SMILES string of the molecule is CC1=CC(C)(C)N(C)c2cc(C)c(/C=N/Nc3ccc(C(F)(F)F)cn3)cc21. The second kappa shape index (κ2) is 6.96. The number of hydrogen-bond acceptors (Lipinski definition) is 4. The Hall–Kier alpha value is -2.83. The number of halogens is 3. The molecule has 2 heterocycles. The summed E-state index contributed by atoms with van der Waals surface area (Å²) < 4.78 is 37.8. The van der Waals surface area contributed by atoms with Crippen LogP contribution in [0.2, 0.25) is 0 Å². The molecule has 0 saturated heterocycles. The molecule has 7 heteroatoms. The first-order valence-corrected chi connectivity index (χ1v) is 8.90. The van der Waals surface area contributed by atoms with Crippen LogP contribution in [-0.4, -0.2) is 23.8 Å². The highest BCUT2D eigenvalue weighted by atomic mass is 19.4. The second-order valence-electron chi connectivity index (χ2n) is 7.57. The van der Waals surface area contributed by atoms with Gasteiger partial charge in [0, 0.05) is 24.5 Å².